The minimum absolute atomic E-state index is 0.0566. The largest absolute Gasteiger partial charge is 0.479 e. The average molecular weight is 252 g/mol. The maximum atomic E-state index is 11.5. The topological polar surface area (TPSA) is 38.3 Å². The Morgan fingerprint density at radius 1 is 1.35 bits per heavy atom. The Labute approximate surface area is 105 Å². The van der Waals surface area contributed by atoms with E-state index < -0.39 is 0 Å². The van der Waals surface area contributed by atoms with Gasteiger partial charge in [-0.25, -0.2) is 0 Å². The second kappa shape index (κ2) is 5.23. The average Bonchev–Trinajstić information content (AvgIpc) is 2.32. The molecular formula is C13H14ClNO2. The first kappa shape index (κ1) is 12.0. The zero-order valence-corrected chi connectivity index (χ0v) is 10.4. The quantitative estimate of drug-likeness (QED) is 0.895. The van der Waals surface area contributed by atoms with E-state index in [1.165, 1.54) is 0 Å². The first-order chi connectivity index (χ1) is 8.16. The number of anilines is 1. The van der Waals surface area contributed by atoms with E-state index in [0.717, 1.165) is 24.1 Å². The number of halogens is 1. The van der Waals surface area contributed by atoms with Crippen molar-refractivity contribution in [1.29, 1.82) is 0 Å². The lowest BCUT2D eigenvalue weighted by molar-refractivity contribution is -0.114. The zero-order valence-electron chi connectivity index (χ0n) is 9.63. The molecule has 0 radical (unpaired) electrons. The van der Waals surface area contributed by atoms with Crippen LogP contribution in [-0.2, 0) is 9.53 Å². The lowest BCUT2D eigenvalue weighted by Crippen LogP contribution is -2.17. The molecule has 1 heterocycles. The summed E-state index contributed by atoms with van der Waals surface area (Å²) in [6.45, 7) is 2.21. The molecule has 0 amide bonds. The predicted octanol–water partition coefficient (Wildman–Crippen LogP) is 3.36. The van der Waals surface area contributed by atoms with Gasteiger partial charge in [0.1, 0.15) is 0 Å². The third-order valence-corrected chi connectivity index (χ3v) is 2.87. The molecular weight excluding hydrogens is 238 g/mol. The van der Waals surface area contributed by atoms with Crippen LogP contribution in [0.5, 0.6) is 0 Å². The van der Waals surface area contributed by atoms with Crippen molar-refractivity contribution in [3.63, 3.8) is 0 Å². The van der Waals surface area contributed by atoms with Gasteiger partial charge in [0.05, 0.1) is 12.2 Å². The Morgan fingerprint density at radius 3 is 2.71 bits per heavy atom. The van der Waals surface area contributed by atoms with Crippen LogP contribution in [0.4, 0.5) is 5.69 Å². The fourth-order valence-electron chi connectivity index (χ4n) is 1.74. The number of Topliss-reactive ketones (excluding diaryl/α,β-unsaturated/α-hetero) is 1. The molecule has 1 N–H and O–H groups in total. The van der Waals surface area contributed by atoms with Crippen LogP contribution < -0.4 is 5.32 Å². The van der Waals surface area contributed by atoms with Gasteiger partial charge < -0.3 is 10.1 Å². The normalized spacial score (nSPS) is 15.4. The predicted molar refractivity (Wildman–Crippen MR) is 68.0 cm³/mol. The summed E-state index contributed by atoms with van der Waals surface area (Å²) in [7, 11) is 0. The SMILES string of the molecule is CC(=O)C1=C(Nc2ccc(Cl)cc2)OCCC1. The molecule has 0 saturated carbocycles. The molecule has 1 aliphatic rings. The fraction of sp³-hybridized carbons (Fsp3) is 0.308. The molecule has 17 heavy (non-hydrogen) atoms. The van der Waals surface area contributed by atoms with Crippen LogP contribution >= 0.6 is 11.6 Å². The molecule has 2 rings (SSSR count). The highest BCUT2D eigenvalue weighted by Crippen LogP contribution is 2.22. The summed E-state index contributed by atoms with van der Waals surface area (Å²) >= 11 is 5.81. The molecule has 0 saturated heterocycles. The third-order valence-electron chi connectivity index (χ3n) is 2.62. The van der Waals surface area contributed by atoms with Crippen molar-refractivity contribution in [2.45, 2.75) is 19.8 Å². The second-order valence-electron chi connectivity index (χ2n) is 3.95. The maximum Gasteiger partial charge on any atom is 0.198 e. The van der Waals surface area contributed by atoms with Gasteiger partial charge in [-0.2, -0.15) is 0 Å². The first-order valence-corrected chi connectivity index (χ1v) is 5.94. The molecule has 0 spiro atoms. The summed E-state index contributed by atoms with van der Waals surface area (Å²) in [5.74, 6) is 0.632. The molecule has 0 atom stereocenters. The van der Waals surface area contributed by atoms with E-state index in [0.29, 0.717) is 17.5 Å². The lowest BCUT2D eigenvalue weighted by atomic mass is 10.1. The van der Waals surface area contributed by atoms with E-state index in [2.05, 4.69) is 5.32 Å². The molecule has 0 aliphatic carbocycles. The molecule has 1 aromatic carbocycles. The molecule has 3 nitrogen and oxygen atoms in total. The van der Waals surface area contributed by atoms with E-state index in [1.807, 2.05) is 12.1 Å². The summed E-state index contributed by atoms with van der Waals surface area (Å²) in [5, 5.41) is 3.80. The Morgan fingerprint density at radius 2 is 2.06 bits per heavy atom. The zero-order chi connectivity index (χ0) is 12.3. The summed E-state index contributed by atoms with van der Waals surface area (Å²) in [6, 6.07) is 7.29. The van der Waals surface area contributed by atoms with Crippen LogP contribution in [0.15, 0.2) is 35.7 Å². The molecule has 0 fully saturated rings. The van der Waals surface area contributed by atoms with Gasteiger partial charge in [-0.1, -0.05) is 11.6 Å². The van der Waals surface area contributed by atoms with Crippen molar-refractivity contribution in [3.8, 4) is 0 Å². The summed E-state index contributed by atoms with van der Waals surface area (Å²) in [4.78, 5) is 11.5. The smallest absolute Gasteiger partial charge is 0.198 e. The van der Waals surface area contributed by atoms with Gasteiger partial charge in [0.2, 0.25) is 0 Å². The number of allylic oxidation sites excluding steroid dienone is 1. The number of benzene rings is 1. The van der Waals surface area contributed by atoms with Gasteiger partial charge in [-0.05, 0) is 44.0 Å². The summed E-state index contributed by atoms with van der Waals surface area (Å²) in [6.07, 6.45) is 1.66. The molecule has 90 valence electrons. The molecule has 0 bridgehead atoms. The van der Waals surface area contributed by atoms with Crippen LogP contribution in [0.25, 0.3) is 0 Å². The summed E-state index contributed by atoms with van der Waals surface area (Å²) < 4.78 is 5.50. The summed E-state index contributed by atoms with van der Waals surface area (Å²) in [5.41, 5.74) is 1.59. The Hall–Kier alpha value is -1.48. The molecule has 1 aromatic rings. The van der Waals surface area contributed by atoms with E-state index >= 15 is 0 Å². The van der Waals surface area contributed by atoms with Gasteiger partial charge in [0, 0.05) is 10.7 Å². The fourth-order valence-corrected chi connectivity index (χ4v) is 1.86. The molecule has 4 heteroatoms. The van der Waals surface area contributed by atoms with E-state index in [9.17, 15) is 4.79 Å². The van der Waals surface area contributed by atoms with Crippen LogP contribution in [0.3, 0.4) is 0 Å². The van der Waals surface area contributed by atoms with E-state index in [4.69, 9.17) is 16.3 Å². The van der Waals surface area contributed by atoms with Gasteiger partial charge in [-0.15, -0.1) is 0 Å². The number of hydrogen-bond donors (Lipinski definition) is 1. The maximum absolute atomic E-state index is 11.5. The van der Waals surface area contributed by atoms with Gasteiger partial charge in [-0.3, -0.25) is 4.79 Å². The Balaban J connectivity index is 2.21. The first-order valence-electron chi connectivity index (χ1n) is 5.56. The van der Waals surface area contributed by atoms with Gasteiger partial charge >= 0.3 is 0 Å². The Bertz CT molecular complexity index is 451. The van der Waals surface area contributed by atoms with Crippen LogP contribution in [0, 0.1) is 0 Å². The number of carbonyl (C=O) groups excluding carboxylic acids is 1. The number of carbonyl (C=O) groups is 1. The third kappa shape index (κ3) is 3.01. The van der Waals surface area contributed by atoms with Crippen LogP contribution in [-0.4, -0.2) is 12.4 Å². The Kier molecular flexibility index (Phi) is 3.69. The number of hydrogen-bond acceptors (Lipinski definition) is 3. The van der Waals surface area contributed by atoms with Gasteiger partial charge in [0.15, 0.2) is 11.7 Å². The number of nitrogens with one attached hydrogen (secondary N) is 1. The van der Waals surface area contributed by atoms with Gasteiger partial charge in [0.25, 0.3) is 0 Å². The minimum Gasteiger partial charge on any atom is -0.479 e. The van der Waals surface area contributed by atoms with Crippen molar-refractivity contribution in [2.24, 2.45) is 0 Å². The lowest BCUT2D eigenvalue weighted by Gasteiger charge is -2.20. The molecule has 0 aromatic heterocycles. The number of ether oxygens (including phenoxy) is 1. The van der Waals surface area contributed by atoms with Crippen molar-refractivity contribution < 1.29 is 9.53 Å². The van der Waals surface area contributed by atoms with Crippen LogP contribution in [0.1, 0.15) is 19.8 Å². The minimum atomic E-state index is 0.0566. The van der Waals surface area contributed by atoms with E-state index in [1.54, 1.807) is 19.1 Å². The van der Waals surface area contributed by atoms with Crippen molar-refractivity contribution >= 4 is 23.1 Å². The van der Waals surface area contributed by atoms with Crippen molar-refractivity contribution in [2.75, 3.05) is 11.9 Å². The highest BCUT2D eigenvalue weighted by atomic mass is 35.5. The van der Waals surface area contributed by atoms with Crippen molar-refractivity contribution in [1.82, 2.24) is 0 Å². The van der Waals surface area contributed by atoms with E-state index in [-0.39, 0.29) is 5.78 Å². The molecule has 0 unspecified atom stereocenters. The second-order valence-corrected chi connectivity index (χ2v) is 4.38. The number of rotatable bonds is 3. The van der Waals surface area contributed by atoms with Crippen LogP contribution in [0.2, 0.25) is 5.02 Å². The number of ketones is 1. The highest BCUT2D eigenvalue weighted by Gasteiger charge is 2.17. The van der Waals surface area contributed by atoms with Crippen molar-refractivity contribution in [3.05, 3.63) is 40.7 Å². The standard InChI is InChI=1S/C13H14ClNO2/c1-9(16)12-3-2-8-17-13(12)15-11-6-4-10(14)5-7-11/h4-7,15H,2-3,8H2,1H3. The highest BCUT2D eigenvalue weighted by molar-refractivity contribution is 6.30. The molecule has 1 aliphatic heterocycles. The monoisotopic (exact) mass is 251 g/mol.